The molecule has 62 valence electrons. The second-order valence-electron chi connectivity index (χ2n) is 2.27. The molecule has 5 heteroatoms. The average Bonchev–Trinajstić information content (AvgIpc) is 2.07. The Morgan fingerprint density at radius 1 is 1.50 bits per heavy atom. The van der Waals surface area contributed by atoms with Crippen molar-refractivity contribution in [3.05, 3.63) is 23.2 Å². The first-order chi connectivity index (χ1) is 5.77. The second kappa shape index (κ2) is 2.88. The highest BCUT2D eigenvalue weighted by Gasteiger charge is 2.12. The first kappa shape index (κ1) is 7.76. The van der Waals surface area contributed by atoms with Crippen LogP contribution in [0.2, 0.25) is 5.02 Å². The Bertz CT molecular complexity index is 378. The van der Waals surface area contributed by atoms with E-state index in [-0.39, 0.29) is 0 Å². The third kappa shape index (κ3) is 1.23. The van der Waals surface area contributed by atoms with Crippen LogP contribution in [-0.4, -0.2) is 10.5 Å². The molecule has 1 unspecified atom stereocenters. The van der Waals surface area contributed by atoms with Gasteiger partial charge in [-0.15, -0.1) is 0 Å². The van der Waals surface area contributed by atoms with Crippen molar-refractivity contribution >= 4 is 34.6 Å². The lowest BCUT2D eigenvalue weighted by atomic mass is 10.3. The Morgan fingerprint density at radius 2 is 2.33 bits per heavy atom. The van der Waals surface area contributed by atoms with E-state index in [0.717, 1.165) is 5.69 Å². The molecule has 12 heavy (non-hydrogen) atoms. The molecule has 0 fully saturated rings. The number of fused-ring (bicyclic) bond motifs is 1. The van der Waals surface area contributed by atoms with Crippen molar-refractivity contribution in [3.8, 4) is 0 Å². The fourth-order valence-corrected chi connectivity index (χ4v) is 2.00. The van der Waals surface area contributed by atoms with Crippen LogP contribution in [0.4, 0.5) is 5.69 Å². The molecule has 0 amide bonds. The summed E-state index contributed by atoms with van der Waals surface area (Å²) in [5.41, 5.74) is 0.799. The Morgan fingerprint density at radius 3 is 3.17 bits per heavy atom. The molecule has 0 aromatic heterocycles. The standard InChI is InChI=1S/C7H5ClN2OS/c8-5-1-2-6-7(3-5)12(11)10-4-9-6/h1-4H,(H,9,10). The van der Waals surface area contributed by atoms with Gasteiger partial charge in [-0.1, -0.05) is 11.6 Å². The zero-order chi connectivity index (χ0) is 8.55. The summed E-state index contributed by atoms with van der Waals surface area (Å²) in [5.74, 6) is 0. The Kier molecular flexibility index (Phi) is 1.86. The van der Waals surface area contributed by atoms with Crippen LogP contribution >= 0.6 is 11.6 Å². The maximum atomic E-state index is 11.3. The molecule has 0 saturated heterocycles. The molecule has 1 heterocycles. The van der Waals surface area contributed by atoms with E-state index >= 15 is 0 Å². The van der Waals surface area contributed by atoms with Crippen LogP contribution in [0.1, 0.15) is 0 Å². The van der Waals surface area contributed by atoms with Crippen molar-refractivity contribution in [1.29, 1.82) is 0 Å². The lowest BCUT2D eigenvalue weighted by Gasteiger charge is -2.10. The topological polar surface area (TPSA) is 41.5 Å². The SMILES string of the molecule is O=S1N=CNc2ccc(Cl)cc21. The number of hydrogen-bond acceptors (Lipinski definition) is 2. The highest BCUT2D eigenvalue weighted by Crippen LogP contribution is 2.25. The van der Waals surface area contributed by atoms with Crippen molar-refractivity contribution in [1.82, 2.24) is 0 Å². The molecule has 1 N–H and O–H groups in total. The number of halogens is 1. The van der Waals surface area contributed by atoms with Crippen molar-refractivity contribution < 1.29 is 4.21 Å². The molecule has 0 bridgehead atoms. The van der Waals surface area contributed by atoms with E-state index in [1.54, 1.807) is 18.2 Å². The lowest BCUT2D eigenvalue weighted by molar-refractivity contribution is 0.684. The highest BCUT2D eigenvalue weighted by atomic mass is 35.5. The summed E-state index contributed by atoms with van der Waals surface area (Å²) < 4.78 is 14.9. The molecule has 1 aliphatic rings. The quantitative estimate of drug-likeness (QED) is 0.694. The van der Waals surface area contributed by atoms with Crippen LogP contribution in [0.3, 0.4) is 0 Å². The Labute approximate surface area is 77.0 Å². The first-order valence-corrected chi connectivity index (χ1v) is 4.76. The second-order valence-corrected chi connectivity index (χ2v) is 3.85. The lowest BCUT2D eigenvalue weighted by Crippen LogP contribution is -2.06. The van der Waals surface area contributed by atoms with Gasteiger partial charge in [0.1, 0.15) is 6.34 Å². The predicted molar refractivity (Wildman–Crippen MR) is 50.0 cm³/mol. The summed E-state index contributed by atoms with van der Waals surface area (Å²) in [6.07, 6.45) is 1.42. The molecule has 1 aromatic rings. The number of nitrogens with zero attached hydrogens (tertiary/aromatic N) is 1. The normalized spacial score (nSPS) is 19.9. The van der Waals surface area contributed by atoms with Crippen molar-refractivity contribution in [2.75, 3.05) is 5.32 Å². The molecule has 0 aliphatic carbocycles. The van der Waals surface area contributed by atoms with E-state index in [1.165, 1.54) is 6.34 Å². The average molecular weight is 201 g/mol. The van der Waals surface area contributed by atoms with Gasteiger partial charge in [0.25, 0.3) is 0 Å². The molecule has 1 aliphatic heterocycles. The van der Waals surface area contributed by atoms with Crippen LogP contribution < -0.4 is 5.32 Å². The molecule has 0 radical (unpaired) electrons. The summed E-state index contributed by atoms with van der Waals surface area (Å²) >= 11 is 5.73. The van der Waals surface area contributed by atoms with E-state index in [1.807, 2.05) is 0 Å². The zero-order valence-corrected chi connectivity index (χ0v) is 7.52. The maximum Gasteiger partial charge on any atom is 0.176 e. The van der Waals surface area contributed by atoms with E-state index in [9.17, 15) is 4.21 Å². The largest absolute Gasteiger partial charge is 0.345 e. The van der Waals surface area contributed by atoms with Gasteiger partial charge in [0, 0.05) is 5.02 Å². The summed E-state index contributed by atoms with van der Waals surface area (Å²) in [7, 11) is -1.30. The molecular weight excluding hydrogens is 196 g/mol. The van der Waals surface area contributed by atoms with E-state index < -0.39 is 11.0 Å². The van der Waals surface area contributed by atoms with Gasteiger partial charge in [-0.3, -0.25) is 0 Å². The van der Waals surface area contributed by atoms with Crippen LogP contribution in [-0.2, 0) is 11.0 Å². The van der Waals surface area contributed by atoms with Gasteiger partial charge in [0.2, 0.25) is 0 Å². The minimum Gasteiger partial charge on any atom is -0.345 e. The minimum atomic E-state index is -1.30. The highest BCUT2D eigenvalue weighted by molar-refractivity contribution is 7.84. The Hall–Kier alpha value is -0.870. The van der Waals surface area contributed by atoms with Gasteiger partial charge >= 0.3 is 0 Å². The third-order valence-corrected chi connectivity index (χ3v) is 2.75. The van der Waals surface area contributed by atoms with Gasteiger partial charge in [-0.2, -0.15) is 4.40 Å². The smallest absolute Gasteiger partial charge is 0.176 e. The van der Waals surface area contributed by atoms with Gasteiger partial charge in [-0.05, 0) is 18.2 Å². The molecule has 2 rings (SSSR count). The third-order valence-electron chi connectivity index (χ3n) is 1.50. The van der Waals surface area contributed by atoms with E-state index in [4.69, 9.17) is 11.6 Å². The number of rotatable bonds is 0. The number of benzene rings is 1. The van der Waals surface area contributed by atoms with E-state index in [0.29, 0.717) is 9.92 Å². The Balaban J connectivity index is 2.59. The molecule has 1 atom stereocenters. The monoisotopic (exact) mass is 200 g/mol. The van der Waals surface area contributed by atoms with Gasteiger partial charge in [-0.25, -0.2) is 4.21 Å². The zero-order valence-electron chi connectivity index (χ0n) is 5.95. The summed E-state index contributed by atoms with van der Waals surface area (Å²) in [4.78, 5) is 0.630. The summed E-state index contributed by atoms with van der Waals surface area (Å²) in [5, 5.41) is 3.45. The van der Waals surface area contributed by atoms with E-state index in [2.05, 4.69) is 9.71 Å². The summed E-state index contributed by atoms with van der Waals surface area (Å²) in [6.45, 7) is 0. The van der Waals surface area contributed by atoms with Gasteiger partial charge in [0.05, 0.1) is 10.6 Å². The number of nitrogens with one attached hydrogen (secondary N) is 1. The number of anilines is 1. The van der Waals surface area contributed by atoms with Gasteiger partial charge in [0.15, 0.2) is 11.0 Å². The fraction of sp³-hybridized carbons (Fsp3) is 0. The van der Waals surface area contributed by atoms with Crippen LogP contribution in [0.25, 0.3) is 0 Å². The molecule has 0 saturated carbocycles. The first-order valence-electron chi connectivity index (χ1n) is 3.28. The minimum absolute atomic E-state index is 0.570. The van der Waals surface area contributed by atoms with Gasteiger partial charge < -0.3 is 5.32 Å². The van der Waals surface area contributed by atoms with Crippen LogP contribution in [0.15, 0.2) is 27.5 Å². The molecule has 3 nitrogen and oxygen atoms in total. The number of hydrogen-bond donors (Lipinski definition) is 1. The fourth-order valence-electron chi connectivity index (χ4n) is 0.960. The van der Waals surface area contributed by atoms with Crippen LogP contribution in [0.5, 0.6) is 0 Å². The van der Waals surface area contributed by atoms with Crippen molar-refractivity contribution in [2.45, 2.75) is 4.90 Å². The summed E-state index contributed by atoms with van der Waals surface area (Å²) in [6, 6.07) is 5.17. The van der Waals surface area contributed by atoms with Crippen molar-refractivity contribution in [3.63, 3.8) is 0 Å². The molecule has 1 aromatic carbocycles. The molecule has 0 spiro atoms. The maximum absolute atomic E-state index is 11.3. The van der Waals surface area contributed by atoms with Crippen molar-refractivity contribution in [2.24, 2.45) is 4.40 Å². The predicted octanol–water partition coefficient (Wildman–Crippen LogP) is 1.82. The molecular formula is C7H5ClN2OS. The van der Waals surface area contributed by atoms with Crippen LogP contribution in [0, 0.1) is 0 Å².